The minimum atomic E-state index is -0.477. The van der Waals surface area contributed by atoms with Crippen molar-refractivity contribution < 1.29 is 4.79 Å². The highest BCUT2D eigenvalue weighted by Crippen LogP contribution is 2.20. The summed E-state index contributed by atoms with van der Waals surface area (Å²) in [6.07, 6.45) is 0. The van der Waals surface area contributed by atoms with Crippen LogP contribution < -0.4 is 5.73 Å². The van der Waals surface area contributed by atoms with Crippen molar-refractivity contribution >= 4 is 17.1 Å². The molecule has 1 aromatic rings. The van der Waals surface area contributed by atoms with E-state index in [9.17, 15) is 4.79 Å². The number of carbonyl (C=O) groups excluding carboxylic acids is 1. The van der Waals surface area contributed by atoms with Crippen LogP contribution in [0, 0.1) is 5.41 Å². The Morgan fingerprint density at radius 3 is 2.62 bits per heavy atom. The minimum Gasteiger partial charge on any atom is -0.321 e. The summed E-state index contributed by atoms with van der Waals surface area (Å²) in [4.78, 5) is 15.6. The van der Waals surface area contributed by atoms with Gasteiger partial charge in [-0.1, -0.05) is 20.8 Å². The first-order valence-electron chi connectivity index (χ1n) is 4.11. The van der Waals surface area contributed by atoms with Gasteiger partial charge in [0.25, 0.3) is 0 Å². The van der Waals surface area contributed by atoms with Crippen molar-refractivity contribution in [3.05, 3.63) is 16.6 Å². The topological polar surface area (TPSA) is 56.0 Å². The van der Waals surface area contributed by atoms with E-state index < -0.39 is 6.04 Å². The fourth-order valence-corrected chi connectivity index (χ4v) is 1.43. The Morgan fingerprint density at radius 1 is 1.62 bits per heavy atom. The molecule has 0 saturated carbocycles. The molecular weight excluding hydrogens is 184 g/mol. The smallest absolute Gasteiger partial charge is 0.199 e. The molecule has 0 radical (unpaired) electrons. The van der Waals surface area contributed by atoms with Crippen LogP contribution in [0.3, 0.4) is 0 Å². The summed E-state index contributed by atoms with van der Waals surface area (Å²) in [5.41, 5.74) is 7.71. The number of ketones is 1. The van der Waals surface area contributed by atoms with Crippen molar-refractivity contribution in [3.8, 4) is 0 Å². The van der Waals surface area contributed by atoms with Gasteiger partial charge in [-0.3, -0.25) is 4.79 Å². The van der Waals surface area contributed by atoms with Crippen LogP contribution in [-0.4, -0.2) is 16.8 Å². The van der Waals surface area contributed by atoms with E-state index in [2.05, 4.69) is 4.98 Å². The van der Waals surface area contributed by atoms with E-state index in [1.54, 1.807) is 10.9 Å². The monoisotopic (exact) mass is 198 g/mol. The largest absolute Gasteiger partial charge is 0.321 e. The van der Waals surface area contributed by atoms with Crippen LogP contribution >= 0.6 is 11.3 Å². The molecule has 1 rings (SSSR count). The summed E-state index contributed by atoms with van der Waals surface area (Å²) in [6.45, 7) is 5.84. The van der Waals surface area contributed by atoms with Crippen LogP contribution in [0.25, 0.3) is 0 Å². The zero-order chi connectivity index (χ0) is 10.1. The van der Waals surface area contributed by atoms with Gasteiger partial charge in [0.05, 0.1) is 11.6 Å². The molecular formula is C9H14N2OS. The normalized spacial score (nSPS) is 14.2. The molecule has 1 heterocycles. The first-order chi connectivity index (χ1) is 5.93. The molecule has 0 bridgehead atoms. The summed E-state index contributed by atoms with van der Waals surface area (Å²) >= 11 is 1.41. The Morgan fingerprint density at radius 2 is 2.23 bits per heavy atom. The maximum absolute atomic E-state index is 11.7. The van der Waals surface area contributed by atoms with Gasteiger partial charge in [0.1, 0.15) is 5.69 Å². The van der Waals surface area contributed by atoms with Gasteiger partial charge in [-0.05, 0) is 5.41 Å². The molecule has 0 aromatic carbocycles. The number of nitrogens with two attached hydrogens (primary N) is 1. The second-order valence-corrected chi connectivity index (χ2v) is 4.80. The molecule has 0 fully saturated rings. The van der Waals surface area contributed by atoms with Crippen LogP contribution in [0.4, 0.5) is 0 Å². The quantitative estimate of drug-likeness (QED) is 0.736. The van der Waals surface area contributed by atoms with Crippen molar-refractivity contribution in [2.75, 3.05) is 0 Å². The summed E-state index contributed by atoms with van der Waals surface area (Å²) in [5, 5.41) is 1.73. The molecule has 0 saturated heterocycles. The Bertz CT molecular complexity index is 287. The van der Waals surface area contributed by atoms with Crippen molar-refractivity contribution in [2.24, 2.45) is 11.1 Å². The van der Waals surface area contributed by atoms with Crippen molar-refractivity contribution in [1.29, 1.82) is 0 Å². The fraction of sp³-hybridized carbons (Fsp3) is 0.556. The summed E-state index contributed by atoms with van der Waals surface area (Å²) in [5.74, 6) is -0.0752. The molecule has 1 atom stereocenters. The number of hydrogen-bond donors (Lipinski definition) is 1. The summed E-state index contributed by atoms with van der Waals surface area (Å²) in [7, 11) is 0. The third-order valence-corrected chi connectivity index (χ3v) is 2.49. The Labute approximate surface area is 82.0 Å². The molecule has 13 heavy (non-hydrogen) atoms. The standard InChI is InChI=1S/C9H14N2OS/c1-9(2,3)8(10)7(12)6-4-13-5-11-6/h4-5,8H,10H2,1-3H3. The van der Waals surface area contributed by atoms with Gasteiger partial charge < -0.3 is 5.73 Å². The Kier molecular flexibility index (Phi) is 2.83. The van der Waals surface area contributed by atoms with Gasteiger partial charge in [-0.2, -0.15) is 0 Å². The van der Waals surface area contributed by atoms with E-state index in [1.807, 2.05) is 20.8 Å². The molecule has 0 spiro atoms. The van der Waals surface area contributed by atoms with Crippen LogP contribution in [0.1, 0.15) is 31.3 Å². The zero-order valence-electron chi connectivity index (χ0n) is 8.07. The molecule has 0 aliphatic carbocycles. The third kappa shape index (κ3) is 2.35. The lowest BCUT2D eigenvalue weighted by atomic mass is 9.84. The molecule has 0 aliphatic heterocycles. The minimum absolute atomic E-state index is 0.0752. The van der Waals surface area contributed by atoms with Gasteiger partial charge in [0, 0.05) is 5.38 Å². The van der Waals surface area contributed by atoms with E-state index in [1.165, 1.54) is 11.3 Å². The molecule has 72 valence electrons. The van der Waals surface area contributed by atoms with E-state index in [0.717, 1.165) is 0 Å². The van der Waals surface area contributed by atoms with Crippen LogP contribution in [0.15, 0.2) is 10.9 Å². The number of hydrogen-bond acceptors (Lipinski definition) is 4. The molecule has 0 aliphatic rings. The van der Waals surface area contributed by atoms with Gasteiger partial charge in [-0.25, -0.2) is 4.98 Å². The van der Waals surface area contributed by atoms with E-state index >= 15 is 0 Å². The highest BCUT2D eigenvalue weighted by molar-refractivity contribution is 7.07. The zero-order valence-corrected chi connectivity index (χ0v) is 8.89. The first kappa shape index (κ1) is 10.3. The average Bonchev–Trinajstić information content (AvgIpc) is 2.51. The van der Waals surface area contributed by atoms with E-state index in [0.29, 0.717) is 5.69 Å². The Hall–Kier alpha value is -0.740. The van der Waals surface area contributed by atoms with Gasteiger partial charge in [0.15, 0.2) is 5.78 Å². The lowest BCUT2D eigenvalue weighted by Crippen LogP contribution is -2.42. The lowest BCUT2D eigenvalue weighted by molar-refractivity contribution is 0.0897. The Balaban J connectivity index is 2.81. The lowest BCUT2D eigenvalue weighted by Gasteiger charge is -2.24. The molecule has 2 N–H and O–H groups in total. The van der Waals surface area contributed by atoms with Crippen LogP contribution in [-0.2, 0) is 0 Å². The molecule has 1 unspecified atom stereocenters. The first-order valence-corrected chi connectivity index (χ1v) is 5.05. The number of thiazole rings is 1. The van der Waals surface area contributed by atoms with Crippen molar-refractivity contribution in [1.82, 2.24) is 4.98 Å². The summed E-state index contributed by atoms with van der Waals surface area (Å²) in [6, 6.07) is -0.477. The predicted molar refractivity (Wildman–Crippen MR) is 53.9 cm³/mol. The molecule has 3 nitrogen and oxygen atoms in total. The number of carbonyl (C=O) groups is 1. The van der Waals surface area contributed by atoms with Gasteiger partial charge >= 0.3 is 0 Å². The highest BCUT2D eigenvalue weighted by Gasteiger charge is 2.28. The summed E-state index contributed by atoms with van der Waals surface area (Å²) < 4.78 is 0. The SMILES string of the molecule is CC(C)(C)C(N)C(=O)c1cscn1. The van der Waals surface area contributed by atoms with Crippen molar-refractivity contribution in [2.45, 2.75) is 26.8 Å². The fourth-order valence-electron chi connectivity index (χ4n) is 0.887. The van der Waals surface area contributed by atoms with Gasteiger partial charge in [-0.15, -0.1) is 11.3 Å². The maximum Gasteiger partial charge on any atom is 0.199 e. The number of nitrogens with zero attached hydrogens (tertiary/aromatic N) is 1. The van der Waals surface area contributed by atoms with Crippen LogP contribution in [0.2, 0.25) is 0 Å². The number of aromatic nitrogens is 1. The van der Waals surface area contributed by atoms with E-state index in [-0.39, 0.29) is 11.2 Å². The van der Waals surface area contributed by atoms with Gasteiger partial charge in [0.2, 0.25) is 0 Å². The molecule has 4 heteroatoms. The second kappa shape index (κ2) is 3.55. The second-order valence-electron chi connectivity index (χ2n) is 4.08. The average molecular weight is 198 g/mol. The maximum atomic E-state index is 11.7. The molecule has 1 aromatic heterocycles. The number of rotatable bonds is 2. The van der Waals surface area contributed by atoms with Crippen LogP contribution in [0.5, 0.6) is 0 Å². The van der Waals surface area contributed by atoms with E-state index in [4.69, 9.17) is 5.73 Å². The predicted octanol–water partition coefficient (Wildman–Crippen LogP) is 1.70. The van der Waals surface area contributed by atoms with Crippen molar-refractivity contribution in [3.63, 3.8) is 0 Å². The highest BCUT2D eigenvalue weighted by atomic mass is 32.1. The third-order valence-electron chi connectivity index (χ3n) is 1.90. The number of Topliss-reactive ketones (excluding diaryl/α,β-unsaturated/α-hetero) is 1. The molecule has 0 amide bonds.